The average molecular weight is 296 g/mol. The molecule has 1 aliphatic heterocycles. The Balaban J connectivity index is 1.97. The second-order valence-electron chi connectivity index (χ2n) is 6.38. The summed E-state index contributed by atoms with van der Waals surface area (Å²) in [6, 6.07) is 0.622. The molecule has 5 heteroatoms. The summed E-state index contributed by atoms with van der Waals surface area (Å²) in [5.74, 6) is -0.713. The van der Waals surface area contributed by atoms with Crippen molar-refractivity contribution in [2.75, 3.05) is 19.6 Å². The van der Waals surface area contributed by atoms with Gasteiger partial charge in [0, 0.05) is 18.6 Å². The number of hydrogen-bond acceptors (Lipinski definition) is 3. The van der Waals surface area contributed by atoms with Crippen LogP contribution in [-0.4, -0.2) is 58.5 Å². The van der Waals surface area contributed by atoms with E-state index in [4.69, 9.17) is 5.11 Å². The molecule has 2 aliphatic rings. The van der Waals surface area contributed by atoms with E-state index in [9.17, 15) is 9.59 Å². The van der Waals surface area contributed by atoms with Crippen molar-refractivity contribution in [3.05, 3.63) is 0 Å². The predicted molar refractivity (Wildman–Crippen MR) is 81.1 cm³/mol. The van der Waals surface area contributed by atoms with Crippen molar-refractivity contribution in [3.63, 3.8) is 0 Å². The van der Waals surface area contributed by atoms with Gasteiger partial charge in [-0.05, 0) is 38.5 Å². The van der Waals surface area contributed by atoms with Gasteiger partial charge in [0.05, 0.1) is 13.1 Å². The van der Waals surface area contributed by atoms with Crippen molar-refractivity contribution in [1.82, 2.24) is 9.80 Å². The average Bonchev–Trinajstić information content (AvgIpc) is 3.00. The molecule has 5 nitrogen and oxygen atoms in total. The molecule has 1 saturated carbocycles. The van der Waals surface area contributed by atoms with Crippen LogP contribution in [0.25, 0.3) is 0 Å². The number of piperidine rings is 1. The number of rotatable bonds is 6. The fourth-order valence-corrected chi connectivity index (χ4v) is 3.78. The third-order valence-corrected chi connectivity index (χ3v) is 4.94. The highest BCUT2D eigenvalue weighted by Crippen LogP contribution is 2.24. The lowest BCUT2D eigenvalue weighted by atomic mass is 10.00. The van der Waals surface area contributed by atoms with E-state index in [2.05, 4.69) is 6.92 Å². The van der Waals surface area contributed by atoms with Crippen LogP contribution in [0.1, 0.15) is 58.3 Å². The van der Waals surface area contributed by atoms with Gasteiger partial charge in [-0.25, -0.2) is 0 Å². The zero-order valence-corrected chi connectivity index (χ0v) is 13.1. The molecule has 1 atom stereocenters. The fraction of sp³-hybridized carbons (Fsp3) is 0.875. The van der Waals surface area contributed by atoms with Gasteiger partial charge in [-0.2, -0.15) is 0 Å². The summed E-state index contributed by atoms with van der Waals surface area (Å²) in [4.78, 5) is 27.6. The maximum Gasteiger partial charge on any atom is 0.317 e. The number of carboxylic acids is 1. The van der Waals surface area contributed by atoms with Gasteiger partial charge in [0.1, 0.15) is 0 Å². The van der Waals surface area contributed by atoms with Gasteiger partial charge in [0.2, 0.25) is 5.91 Å². The molecule has 2 rings (SSSR count). The van der Waals surface area contributed by atoms with Gasteiger partial charge in [-0.15, -0.1) is 0 Å². The van der Waals surface area contributed by atoms with Crippen molar-refractivity contribution < 1.29 is 14.7 Å². The van der Waals surface area contributed by atoms with Crippen LogP contribution in [0.15, 0.2) is 0 Å². The molecule has 1 N–H and O–H groups in total. The molecular weight excluding hydrogens is 268 g/mol. The lowest BCUT2D eigenvalue weighted by Gasteiger charge is -2.37. The van der Waals surface area contributed by atoms with Gasteiger partial charge in [-0.3, -0.25) is 14.5 Å². The Kier molecular flexibility index (Phi) is 6.03. The first-order valence-corrected chi connectivity index (χ1v) is 8.37. The highest BCUT2D eigenvalue weighted by atomic mass is 16.4. The van der Waals surface area contributed by atoms with Crippen molar-refractivity contribution in [3.8, 4) is 0 Å². The number of carboxylic acid groups (broad SMARTS) is 1. The monoisotopic (exact) mass is 296 g/mol. The molecular formula is C16H28N2O3. The van der Waals surface area contributed by atoms with Crippen LogP contribution in [0.5, 0.6) is 0 Å². The van der Waals surface area contributed by atoms with Gasteiger partial charge >= 0.3 is 5.97 Å². The molecule has 0 aromatic rings. The molecule has 0 aromatic heterocycles. The first-order chi connectivity index (χ1) is 10.1. The van der Waals surface area contributed by atoms with E-state index in [1.165, 1.54) is 6.42 Å². The van der Waals surface area contributed by atoms with Crippen molar-refractivity contribution in [2.45, 2.75) is 70.4 Å². The molecule has 1 amide bonds. The number of carbonyl (C=O) groups excluding carboxylic acids is 1. The molecule has 21 heavy (non-hydrogen) atoms. The fourth-order valence-electron chi connectivity index (χ4n) is 3.78. The third kappa shape index (κ3) is 4.43. The largest absolute Gasteiger partial charge is 0.480 e. The zero-order chi connectivity index (χ0) is 15.2. The van der Waals surface area contributed by atoms with E-state index in [1.54, 1.807) is 0 Å². The lowest BCUT2D eigenvalue weighted by Crippen LogP contribution is -2.50. The van der Waals surface area contributed by atoms with Crippen molar-refractivity contribution >= 4 is 11.9 Å². The SMILES string of the molecule is CCC1CCCCN1C(=O)CN(CC(=O)O)C1CCCC1. The van der Waals surface area contributed by atoms with E-state index in [1.807, 2.05) is 9.80 Å². The minimum atomic E-state index is -0.833. The molecule has 1 aliphatic carbocycles. The van der Waals surface area contributed by atoms with Gasteiger partial charge in [-0.1, -0.05) is 19.8 Å². The highest BCUT2D eigenvalue weighted by Gasteiger charge is 2.30. The van der Waals surface area contributed by atoms with E-state index in [0.29, 0.717) is 6.04 Å². The Hall–Kier alpha value is -1.10. The van der Waals surface area contributed by atoms with E-state index >= 15 is 0 Å². The molecule has 120 valence electrons. The third-order valence-electron chi connectivity index (χ3n) is 4.94. The van der Waals surface area contributed by atoms with Crippen LogP contribution < -0.4 is 0 Å². The number of carbonyl (C=O) groups is 2. The molecule has 1 unspecified atom stereocenters. The topological polar surface area (TPSA) is 60.9 Å². The lowest BCUT2D eigenvalue weighted by molar-refractivity contribution is -0.141. The van der Waals surface area contributed by atoms with E-state index in [0.717, 1.165) is 51.5 Å². The summed E-state index contributed by atoms with van der Waals surface area (Å²) in [6.45, 7) is 3.22. The minimum absolute atomic E-state index is 0.0129. The Morgan fingerprint density at radius 2 is 1.76 bits per heavy atom. The van der Waals surface area contributed by atoms with Crippen molar-refractivity contribution in [1.29, 1.82) is 0 Å². The molecule has 0 radical (unpaired) electrons. The number of likely N-dealkylation sites (tertiary alicyclic amines) is 1. The Morgan fingerprint density at radius 1 is 1.10 bits per heavy atom. The Bertz CT molecular complexity index is 367. The van der Waals surface area contributed by atoms with Crippen LogP contribution >= 0.6 is 0 Å². The second kappa shape index (κ2) is 7.78. The standard InChI is InChI=1S/C16H28N2O3/c1-2-13-7-5-6-10-18(13)15(19)11-17(12-16(20)21)14-8-3-4-9-14/h13-14H,2-12H2,1H3,(H,20,21). The summed E-state index contributed by atoms with van der Waals surface area (Å²) >= 11 is 0. The summed E-state index contributed by atoms with van der Waals surface area (Å²) in [5.41, 5.74) is 0. The zero-order valence-electron chi connectivity index (χ0n) is 13.1. The minimum Gasteiger partial charge on any atom is -0.480 e. The smallest absolute Gasteiger partial charge is 0.317 e. The summed E-state index contributed by atoms with van der Waals surface area (Å²) in [7, 11) is 0. The Morgan fingerprint density at radius 3 is 2.38 bits per heavy atom. The van der Waals surface area contributed by atoms with Crippen LogP contribution in [0, 0.1) is 0 Å². The molecule has 1 saturated heterocycles. The van der Waals surface area contributed by atoms with E-state index < -0.39 is 5.97 Å². The van der Waals surface area contributed by atoms with Gasteiger partial charge in [0.25, 0.3) is 0 Å². The normalized spacial score (nSPS) is 23.7. The predicted octanol–water partition coefficient (Wildman–Crippen LogP) is 2.11. The van der Waals surface area contributed by atoms with Gasteiger partial charge in [0.15, 0.2) is 0 Å². The molecule has 0 aromatic carbocycles. The summed E-state index contributed by atoms with van der Waals surface area (Å²) < 4.78 is 0. The van der Waals surface area contributed by atoms with Crippen LogP contribution in [-0.2, 0) is 9.59 Å². The van der Waals surface area contributed by atoms with Gasteiger partial charge < -0.3 is 10.0 Å². The molecule has 1 heterocycles. The maximum atomic E-state index is 12.6. The van der Waals surface area contributed by atoms with E-state index in [-0.39, 0.29) is 25.0 Å². The van der Waals surface area contributed by atoms with Crippen LogP contribution in [0.2, 0.25) is 0 Å². The number of amides is 1. The molecule has 2 fully saturated rings. The number of nitrogens with zero attached hydrogens (tertiary/aromatic N) is 2. The number of aliphatic carboxylic acids is 1. The van der Waals surface area contributed by atoms with Crippen LogP contribution in [0.3, 0.4) is 0 Å². The van der Waals surface area contributed by atoms with Crippen molar-refractivity contribution in [2.24, 2.45) is 0 Å². The quantitative estimate of drug-likeness (QED) is 0.815. The molecule has 0 bridgehead atoms. The number of hydrogen-bond donors (Lipinski definition) is 1. The highest BCUT2D eigenvalue weighted by molar-refractivity contribution is 5.79. The van der Waals surface area contributed by atoms with Crippen LogP contribution in [0.4, 0.5) is 0 Å². The summed E-state index contributed by atoms with van der Waals surface area (Å²) in [6.07, 6.45) is 8.70. The molecule has 0 spiro atoms. The maximum absolute atomic E-state index is 12.6. The first kappa shape index (κ1) is 16.3. The Labute approximate surface area is 127 Å². The second-order valence-corrected chi connectivity index (χ2v) is 6.38. The summed E-state index contributed by atoms with van der Waals surface area (Å²) in [5, 5.41) is 9.10. The first-order valence-electron chi connectivity index (χ1n) is 8.37.